The van der Waals surface area contributed by atoms with E-state index < -0.39 is 15.9 Å². The Bertz CT molecular complexity index is 976. The molecule has 0 spiro atoms. The highest BCUT2D eigenvalue weighted by molar-refractivity contribution is 7.98. The average Bonchev–Trinajstić information content (AvgIpc) is 2.68. The summed E-state index contributed by atoms with van der Waals surface area (Å²) in [6, 6.07) is 13.2. The molecular weight excluding hydrogens is 386 g/mol. The molecule has 0 unspecified atom stereocenters. The van der Waals surface area contributed by atoms with Gasteiger partial charge in [-0.15, -0.1) is 11.8 Å². The van der Waals surface area contributed by atoms with Crippen LogP contribution in [-0.2, 0) is 14.8 Å². The maximum Gasteiger partial charge on any atom is 0.255 e. The predicted octanol–water partition coefficient (Wildman–Crippen LogP) is 1.78. The zero-order valence-electron chi connectivity index (χ0n) is 14.6. The zero-order valence-corrected chi connectivity index (χ0v) is 16.3. The highest BCUT2D eigenvalue weighted by atomic mass is 32.2. The number of thioether (sulfide) groups is 1. The molecule has 1 heterocycles. The third kappa shape index (κ3) is 4.32. The van der Waals surface area contributed by atoms with Crippen molar-refractivity contribution < 1.29 is 18.0 Å². The largest absolute Gasteiger partial charge is 0.354 e. The lowest BCUT2D eigenvalue weighted by Crippen LogP contribution is -2.49. The van der Waals surface area contributed by atoms with Crippen molar-refractivity contribution in [1.29, 1.82) is 0 Å². The second kappa shape index (κ2) is 8.12. The molecule has 0 radical (unpaired) electrons. The Morgan fingerprint density at radius 2 is 1.96 bits per heavy atom. The van der Waals surface area contributed by atoms with Gasteiger partial charge in [-0.05, 0) is 36.6 Å². The molecule has 7 nitrogen and oxygen atoms in total. The number of anilines is 1. The Kier molecular flexibility index (Phi) is 5.83. The summed E-state index contributed by atoms with van der Waals surface area (Å²) in [5.74, 6) is -0.739. The normalized spacial score (nSPS) is 15.2. The molecule has 0 aromatic heterocycles. The van der Waals surface area contributed by atoms with Gasteiger partial charge in [0, 0.05) is 23.5 Å². The van der Waals surface area contributed by atoms with E-state index in [4.69, 9.17) is 0 Å². The molecule has 1 aliphatic rings. The number of hydrogen-bond acceptors (Lipinski definition) is 5. The molecule has 2 amide bonds. The number of nitrogens with one attached hydrogen (secondary N) is 2. The maximum absolute atomic E-state index is 12.8. The quantitative estimate of drug-likeness (QED) is 0.740. The molecule has 1 saturated heterocycles. The molecule has 2 aromatic rings. The van der Waals surface area contributed by atoms with Gasteiger partial charge < -0.3 is 10.6 Å². The van der Waals surface area contributed by atoms with E-state index in [1.165, 1.54) is 30.0 Å². The smallest absolute Gasteiger partial charge is 0.255 e. The van der Waals surface area contributed by atoms with Gasteiger partial charge in [-0.1, -0.05) is 18.2 Å². The Morgan fingerprint density at radius 1 is 1.19 bits per heavy atom. The summed E-state index contributed by atoms with van der Waals surface area (Å²) in [6.45, 7) is 0.245. The minimum absolute atomic E-state index is 0.0111. The van der Waals surface area contributed by atoms with Crippen LogP contribution in [0, 0.1) is 0 Å². The molecule has 27 heavy (non-hydrogen) atoms. The SMILES string of the molecule is CSc1ccccc1NC(=O)c1cccc(S(=O)(=O)N2CCNC(=O)C2)c1. The van der Waals surface area contributed by atoms with Crippen LogP contribution in [0.4, 0.5) is 5.69 Å². The van der Waals surface area contributed by atoms with E-state index in [1.54, 1.807) is 12.1 Å². The Balaban J connectivity index is 1.84. The van der Waals surface area contributed by atoms with Gasteiger partial charge in [-0.25, -0.2) is 8.42 Å². The molecule has 0 saturated carbocycles. The van der Waals surface area contributed by atoms with Gasteiger partial charge in [0.1, 0.15) is 0 Å². The number of nitrogens with zero attached hydrogens (tertiary/aromatic N) is 1. The van der Waals surface area contributed by atoms with Crippen LogP contribution >= 0.6 is 11.8 Å². The number of piperazine rings is 1. The lowest BCUT2D eigenvalue weighted by Gasteiger charge is -2.26. The van der Waals surface area contributed by atoms with Crippen molar-refractivity contribution in [1.82, 2.24) is 9.62 Å². The fourth-order valence-corrected chi connectivity index (χ4v) is 4.71. The first-order valence-corrected chi connectivity index (χ1v) is 10.9. The fraction of sp³-hybridized carbons (Fsp3) is 0.222. The molecule has 3 rings (SSSR count). The molecule has 9 heteroatoms. The van der Waals surface area contributed by atoms with Crippen molar-refractivity contribution >= 4 is 39.3 Å². The highest BCUT2D eigenvalue weighted by Gasteiger charge is 2.29. The molecule has 2 N–H and O–H groups in total. The first-order chi connectivity index (χ1) is 12.9. The third-order valence-electron chi connectivity index (χ3n) is 4.09. The van der Waals surface area contributed by atoms with Crippen LogP contribution in [0.3, 0.4) is 0 Å². The lowest BCUT2D eigenvalue weighted by molar-refractivity contribution is -0.122. The van der Waals surface area contributed by atoms with E-state index in [9.17, 15) is 18.0 Å². The van der Waals surface area contributed by atoms with Crippen LogP contribution in [0.5, 0.6) is 0 Å². The molecule has 2 aromatic carbocycles. The Labute approximate surface area is 162 Å². The summed E-state index contributed by atoms with van der Waals surface area (Å²) >= 11 is 1.50. The Morgan fingerprint density at radius 3 is 2.70 bits per heavy atom. The maximum atomic E-state index is 12.8. The second-order valence-corrected chi connectivity index (χ2v) is 8.66. The van der Waals surface area contributed by atoms with Crippen LogP contribution in [0.15, 0.2) is 58.3 Å². The van der Waals surface area contributed by atoms with Gasteiger partial charge in [-0.3, -0.25) is 9.59 Å². The van der Waals surface area contributed by atoms with Crippen LogP contribution in [0.25, 0.3) is 0 Å². The molecule has 1 fully saturated rings. The van der Waals surface area contributed by atoms with Gasteiger partial charge >= 0.3 is 0 Å². The summed E-state index contributed by atoms with van der Waals surface area (Å²) in [5.41, 5.74) is 0.893. The van der Waals surface area contributed by atoms with Crippen molar-refractivity contribution in [2.45, 2.75) is 9.79 Å². The predicted molar refractivity (Wildman–Crippen MR) is 104 cm³/mol. The van der Waals surface area contributed by atoms with Gasteiger partial charge in [0.05, 0.1) is 17.1 Å². The van der Waals surface area contributed by atoms with Gasteiger partial charge in [0.2, 0.25) is 15.9 Å². The van der Waals surface area contributed by atoms with Gasteiger partial charge in [0.25, 0.3) is 5.91 Å². The summed E-state index contributed by atoms with van der Waals surface area (Å²) in [5, 5.41) is 5.40. The average molecular weight is 406 g/mol. The third-order valence-corrected chi connectivity index (χ3v) is 6.73. The first kappa shape index (κ1) is 19.4. The number of carbonyl (C=O) groups excluding carboxylic acids is 2. The van der Waals surface area contributed by atoms with Gasteiger partial charge in [-0.2, -0.15) is 4.31 Å². The molecule has 142 valence electrons. The number of benzene rings is 2. The van der Waals surface area contributed by atoms with Crippen molar-refractivity contribution in [2.24, 2.45) is 0 Å². The lowest BCUT2D eigenvalue weighted by atomic mass is 10.2. The van der Waals surface area contributed by atoms with Crippen LogP contribution in [0.1, 0.15) is 10.4 Å². The van der Waals surface area contributed by atoms with Crippen molar-refractivity contribution in [3.05, 3.63) is 54.1 Å². The number of hydrogen-bond donors (Lipinski definition) is 2. The second-order valence-electron chi connectivity index (χ2n) is 5.87. The van der Waals surface area contributed by atoms with E-state index in [2.05, 4.69) is 10.6 Å². The number of para-hydroxylation sites is 1. The van der Waals surface area contributed by atoms with Crippen LogP contribution in [-0.4, -0.2) is 50.4 Å². The number of sulfonamides is 1. The summed E-state index contributed by atoms with van der Waals surface area (Å²) in [6.07, 6.45) is 1.91. The molecule has 0 aliphatic carbocycles. The standard InChI is InChI=1S/C18H19N3O4S2/c1-26-16-8-3-2-7-15(16)20-18(23)13-5-4-6-14(11-13)27(24,25)21-10-9-19-17(22)12-21/h2-8,11H,9-10,12H2,1H3,(H,19,22)(H,20,23). The molecule has 1 aliphatic heterocycles. The van der Waals surface area contributed by atoms with Crippen molar-refractivity contribution in [3.63, 3.8) is 0 Å². The molecular formula is C18H19N3O4S2. The van der Waals surface area contributed by atoms with E-state index in [-0.39, 0.29) is 36.0 Å². The van der Waals surface area contributed by atoms with Crippen LogP contribution < -0.4 is 10.6 Å². The van der Waals surface area contributed by atoms with E-state index >= 15 is 0 Å². The number of rotatable bonds is 5. The van der Waals surface area contributed by atoms with Crippen LogP contribution in [0.2, 0.25) is 0 Å². The summed E-state index contributed by atoms with van der Waals surface area (Å²) in [4.78, 5) is 25.0. The topological polar surface area (TPSA) is 95.6 Å². The van der Waals surface area contributed by atoms with Gasteiger partial charge in [0.15, 0.2) is 0 Å². The van der Waals surface area contributed by atoms with Crippen molar-refractivity contribution in [3.8, 4) is 0 Å². The molecule has 0 atom stereocenters. The molecule has 0 bridgehead atoms. The minimum atomic E-state index is -3.85. The Hall–Kier alpha value is -2.36. The van der Waals surface area contributed by atoms with E-state index in [0.29, 0.717) is 5.69 Å². The fourth-order valence-electron chi connectivity index (χ4n) is 2.71. The number of amides is 2. The monoisotopic (exact) mass is 405 g/mol. The van der Waals surface area contributed by atoms with E-state index in [1.807, 2.05) is 24.5 Å². The summed E-state index contributed by atoms with van der Waals surface area (Å²) < 4.78 is 26.7. The van der Waals surface area contributed by atoms with E-state index in [0.717, 1.165) is 9.20 Å². The first-order valence-electron chi connectivity index (χ1n) is 8.23. The highest BCUT2D eigenvalue weighted by Crippen LogP contribution is 2.25. The number of carbonyl (C=O) groups is 2. The van der Waals surface area contributed by atoms with Crippen molar-refractivity contribution in [2.75, 3.05) is 31.2 Å². The minimum Gasteiger partial charge on any atom is -0.354 e. The zero-order chi connectivity index (χ0) is 19.4. The summed E-state index contributed by atoms with van der Waals surface area (Å²) in [7, 11) is -3.85.